The average Bonchev–Trinajstić information content (AvgIpc) is 3.31. The Bertz CT molecular complexity index is 573. The lowest BCUT2D eigenvalue weighted by Gasteiger charge is -2.26. The van der Waals surface area contributed by atoms with Crippen LogP contribution in [-0.2, 0) is 16.1 Å². The summed E-state index contributed by atoms with van der Waals surface area (Å²) in [6, 6.07) is 4.40. The molecule has 3 aliphatic rings. The molecule has 0 spiro atoms. The van der Waals surface area contributed by atoms with Gasteiger partial charge in [-0.3, -0.25) is 4.79 Å². The van der Waals surface area contributed by atoms with E-state index in [2.05, 4.69) is 20.9 Å². The van der Waals surface area contributed by atoms with Gasteiger partial charge in [-0.1, -0.05) is 6.07 Å². The highest BCUT2D eigenvalue weighted by atomic mass is 16.5. The van der Waals surface area contributed by atoms with Gasteiger partial charge in [-0.15, -0.1) is 0 Å². The summed E-state index contributed by atoms with van der Waals surface area (Å²) in [6.45, 7) is 5.16. The molecule has 1 aromatic heterocycles. The smallest absolute Gasteiger partial charge is 0.226 e. The van der Waals surface area contributed by atoms with Crippen molar-refractivity contribution in [2.24, 2.45) is 5.92 Å². The van der Waals surface area contributed by atoms with Crippen molar-refractivity contribution in [2.45, 2.75) is 44.9 Å². The van der Waals surface area contributed by atoms with Gasteiger partial charge in [0, 0.05) is 43.9 Å². The minimum atomic E-state index is 0.251. The van der Waals surface area contributed by atoms with Crippen molar-refractivity contribution in [3.8, 4) is 0 Å². The van der Waals surface area contributed by atoms with Gasteiger partial charge in [0.25, 0.3) is 0 Å². The monoisotopic (exact) mass is 301 g/mol. The fourth-order valence-electron chi connectivity index (χ4n) is 3.76. The third-order valence-corrected chi connectivity index (χ3v) is 4.95. The molecular formula is C17H23N3O2. The Morgan fingerprint density at radius 3 is 3.05 bits per heavy atom. The Labute approximate surface area is 131 Å². The molecule has 1 saturated heterocycles. The van der Waals surface area contributed by atoms with Gasteiger partial charge in [0.1, 0.15) is 5.82 Å². The van der Waals surface area contributed by atoms with Gasteiger partial charge in [-0.2, -0.15) is 0 Å². The number of hydrogen-bond acceptors (Lipinski definition) is 4. The molecule has 0 unspecified atom stereocenters. The lowest BCUT2D eigenvalue weighted by atomic mass is 10.1. The highest BCUT2D eigenvalue weighted by Crippen LogP contribution is 2.36. The Morgan fingerprint density at radius 1 is 1.41 bits per heavy atom. The summed E-state index contributed by atoms with van der Waals surface area (Å²) in [6.07, 6.45) is 5.21. The molecule has 4 rings (SSSR count). The second-order valence-electron chi connectivity index (χ2n) is 6.60. The lowest BCUT2D eigenvalue weighted by molar-refractivity contribution is -0.133. The number of pyridine rings is 1. The van der Waals surface area contributed by atoms with Gasteiger partial charge >= 0.3 is 0 Å². The number of nitrogens with zero attached hydrogens (tertiary/aromatic N) is 3. The predicted molar refractivity (Wildman–Crippen MR) is 83.5 cm³/mol. The predicted octanol–water partition coefficient (Wildman–Crippen LogP) is 1.82. The largest absolute Gasteiger partial charge is 0.377 e. The van der Waals surface area contributed by atoms with E-state index in [1.807, 2.05) is 19.2 Å². The van der Waals surface area contributed by atoms with Crippen LogP contribution in [0.15, 0.2) is 18.3 Å². The maximum atomic E-state index is 12.6. The van der Waals surface area contributed by atoms with Crippen molar-refractivity contribution in [2.75, 3.05) is 24.6 Å². The van der Waals surface area contributed by atoms with Crippen LogP contribution >= 0.6 is 0 Å². The van der Waals surface area contributed by atoms with E-state index in [0.29, 0.717) is 18.5 Å². The first kappa shape index (κ1) is 14.0. The van der Waals surface area contributed by atoms with E-state index in [9.17, 15) is 4.79 Å². The molecular weight excluding hydrogens is 278 g/mol. The summed E-state index contributed by atoms with van der Waals surface area (Å²) in [7, 11) is 0. The zero-order valence-electron chi connectivity index (χ0n) is 13.1. The van der Waals surface area contributed by atoms with E-state index in [1.54, 1.807) is 0 Å². The molecule has 1 amide bonds. The van der Waals surface area contributed by atoms with Crippen molar-refractivity contribution in [1.82, 2.24) is 9.88 Å². The normalized spacial score (nSPS) is 27.3. The fraction of sp³-hybridized carbons (Fsp3) is 0.647. The van der Waals surface area contributed by atoms with E-state index in [4.69, 9.17) is 4.74 Å². The van der Waals surface area contributed by atoms with Crippen LogP contribution < -0.4 is 4.90 Å². The summed E-state index contributed by atoms with van der Waals surface area (Å²) >= 11 is 0. The van der Waals surface area contributed by atoms with Crippen LogP contribution in [0, 0.1) is 5.92 Å². The Kier molecular flexibility index (Phi) is 3.53. The van der Waals surface area contributed by atoms with E-state index in [0.717, 1.165) is 50.3 Å². The van der Waals surface area contributed by atoms with Crippen LogP contribution in [0.25, 0.3) is 0 Å². The van der Waals surface area contributed by atoms with Crippen molar-refractivity contribution >= 4 is 11.7 Å². The van der Waals surface area contributed by atoms with Crippen molar-refractivity contribution in [1.29, 1.82) is 0 Å². The molecule has 2 atom stereocenters. The van der Waals surface area contributed by atoms with Crippen LogP contribution in [0.3, 0.4) is 0 Å². The highest BCUT2D eigenvalue weighted by molar-refractivity contribution is 5.81. The number of carbonyl (C=O) groups excluding carboxylic acids is 1. The first-order valence-corrected chi connectivity index (χ1v) is 8.37. The van der Waals surface area contributed by atoms with Crippen LogP contribution in [0.4, 0.5) is 5.82 Å². The molecule has 1 aliphatic carbocycles. The number of amides is 1. The highest BCUT2D eigenvalue weighted by Gasteiger charge is 2.41. The van der Waals surface area contributed by atoms with E-state index in [1.165, 1.54) is 0 Å². The molecule has 22 heavy (non-hydrogen) atoms. The average molecular weight is 301 g/mol. The first-order valence-electron chi connectivity index (χ1n) is 8.37. The summed E-state index contributed by atoms with van der Waals surface area (Å²) in [5.74, 6) is 1.65. The molecule has 1 saturated carbocycles. The minimum absolute atomic E-state index is 0.251. The molecule has 5 heteroatoms. The molecule has 0 N–H and O–H groups in total. The summed E-state index contributed by atoms with van der Waals surface area (Å²) in [4.78, 5) is 21.6. The van der Waals surface area contributed by atoms with E-state index >= 15 is 0 Å². The van der Waals surface area contributed by atoms with Gasteiger partial charge in [0.15, 0.2) is 0 Å². The van der Waals surface area contributed by atoms with E-state index in [-0.39, 0.29) is 12.0 Å². The molecule has 0 bridgehead atoms. The number of rotatable bonds is 3. The SMILES string of the molecule is CCO[C@@H]1C[C@H]2CN(C(=O)C3CC3)Cc3cccnc3N2C1. The zero-order chi connectivity index (χ0) is 15.1. The van der Waals surface area contributed by atoms with Gasteiger partial charge in [0.05, 0.1) is 12.1 Å². The molecule has 0 radical (unpaired) electrons. The summed E-state index contributed by atoms with van der Waals surface area (Å²) in [5, 5.41) is 0. The molecule has 1 aromatic rings. The van der Waals surface area contributed by atoms with Crippen molar-refractivity contribution < 1.29 is 9.53 Å². The van der Waals surface area contributed by atoms with Crippen LogP contribution in [0.5, 0.6) is 0 Å². The van der Waals surface area contributed by atoms with Crippen LogP contribution in [0.1, 0.15) is 31.7 Å². The lowest BCUT2D eigenvalue weighted by Crippen LogP contribution is -2.40. The fourth-order valence-corrected chi connectivity index (χ4v) is 3.76. The second-order valence-corrected chi connectivity index (χ2v) is 6.60. The van der Waals surface area contributed by atoms with Gasteiger partial charge in [-0.05, 0) is 32.3 Å². The minimum Gasteiger partial charge on any atom is -0.377 e. The van der Waals surface area contributed by atoms with Crippen LogP contribution in [0.2, 0.25) is 0 Å². The second kappa shape index (κ2) is 5.54. The molecule has 0 aromatic carbocycles. The Hall–Kier alpha value is -1.62. The number of fused-ring (bicyclic) bond motifs is 3. The summed E-state index contributed by atoms with van der Waals surface area (Å²) in [5.41, 5.74) is 1.16. The summed E-state index contributed by atoms with van der Waals surface area (Å²) < 4.78 is 5.83. The van der Waals surface area contributed by atoms with Gasteiger partial charge in [0.2, 0.25) is 5.91 Å². The van der Waals surface area contributed by atoms with Crippen LogP contribution in [-0.4, -0.2) is 47.6 Å². The molecule has 5 nitrogen and oxygen atoms in total. The zero-order valence-corrected chi connectivity index (χ0v) is 13.1. The first-order chi connectivity index (χ1) is 10.8. The molecule has 2 aliphatic heterocycles. The maximum absolute atomic E-state index is 12.6. The number of aromatic nitrogens is 1. The molecule has 3 heterocycles. The third kappa shape index (κ3) is 2.47. The van der Waals surface area contributed by atoms with Gasteiger partial charge < -0.3 is 14.5 Å². The molecule has 118 valence electrons. The third-order valence-electron chi connectivity index (χ3n) is 4.95. The number of carbonyl (C=O) groups is 1. The topological polar surface area (TPSA) is 45.7 Å². The Balaban J connectivity index is 1.63. The quantitative estimate of drug-likeness (QED) is 0.854. The van der Waals surface area contributed by atoms with Crippen molar-refractivity contribution in [3.05, 3.63) is 23.9 Å². The number of ether oxygens (including phenoxy) is 1. The van der Waals surface area contributed by atoms with E-state index < -0.39 is 0 Å². The number of hydrogen-bond donors (Lipinski definition) is 0. The Morgan fingerprint density at radius 2 is 2.27 bits per heavy atom. The molecule has 2 fully saturated rings. The number of anilines is 1. The van der Waals surface area contributed by atoms with Crippen molar-refractivity contribution in [3.63, 3.8) is 0 Å². The maximum Gasteiger partial charge on any atom is 0.226 e. The standard InChI is InChI=1S/C17H23N3O2/c1-2-22-15-8-14-10-19(17(21)12-5-6-12)9-13-4-3-7-18-16(13)20(14)11-15/h3-4,7,12,14-15H,2,5-6,8-11H2,1H3/t14-,15+/m0/s1. The van der Waals surface area contributed by atoms with Gasteiger partial charge in [-0.25, -0.2) is 4.98 Å².